The fraction of sp³-hybridized carbons (Fsp3) is 0.424. The van der Waals surface area contributed by atoms with Crippen molar-refractivity contribution in [3.63, 3.8) is 0 Å². The SMILES string of the molecule is CC(C)(C)OC(=O)C1CCN(c2nccc3ccc(F)cc23)CC1.Fc1ccc2ccnc(N3CCCCC3)c2c1. The standard InChI is InChI=1S/C19H23FN2O2.C14H15FN2/c1-19(2,3)24-18(23)14-7-10-22(11-8-14)17-16-12-15(20)5-4-13(16)6-9-21-17;15-12-5-4-11-6-7-16-14(13(11)10-12)17-8-2-1-3-9-17/h4-6,9,12,14H,7-8,10-11H2,1-3H3;4-7,10H,1-3,8-9H2. The molecule has 0 unspecified atom stereocenters. The minimum absolute atomic E-state index is 0.0767. The first-order valence-electron chi connectivity index (χ1n) is 14.5. The topological polar surface area (TPSA) is 58.6 Å². The van der Waals surface area contributed by atoms with Gasteiger partial charge in [-0.2, -0.15) is 0 Å². The predicted molar refractivity (Wildman–Crippen MR) is 160 cm³/mol. The number of ether oxygens (including phenoxy) is 1. The maximum atomic E-state index is 13.6. The lowest BCUT2D eigenvalue weighted by molar-refractivity contribution is -0.160. The zero-order chi connectivity index (χ0) is 29.0. The zero-order valence-corrected chi connectivity index (χ0v) is 24.1. The van der Waals surface area contributed by atoms with Gasteiger partial charge < -0.3 is 14.5 Å². The van der Waals surface area contributed by atoms with Crippen molar-refractivity contribution in [2.24, 2.45) is 5.92 Å². The van der Waals surface area contributed by atoms with Crippen molar-refractivity contribution >= 4 is 39.1 Å². The highest BCUT2D eigenvalue weighted by atomic mass is 19.1. The molecule has 6 nitrogen and oxygen atoms in total. The number of piperidine rings is 2. The molecule has 4 aromatic rings. The van der Waals surface area contributed by atoms with E-state index in [0.29, 0.717) is 13.1 Å². The minimum atomic E-state index is -0.455. The van der Waals surface area contributed by atoms with Gasteiger partial charge in [0.1, 0.15) is 28.9 Å². The smallest absolute Gasteiger partial charge is 0.309 e. The molecular weight excluding hydrogens is 522 g/mol. The van der Waals surface area contributed by atoms with E-state index < -0.39 is 5.60 Å². The number of anilines is 2. The van der Waals surface area contributed by atoms with E-state index in [9.17, 15) is 13.6 Å². The Morgan fingerprint density at radius 1 is 0.756 bits per heavy atom. The first kappa shape index (κ1) is 28.7. The Kier molecular flexibility index (Phi) is 8.66. The van der Waals surface area contributed by atoms with E-state index in [2.05, 4.69) is 19.8 Å². The molecular formula is C33H38F2N4O2. The summed E-state index contributed by atoms with van der Waals surface area (Å²) in [5.41, 5.74) is -0.455. The lowest BCUT2D eigenvalue weighted by atomic mass is 9.96. The summed E-state index contributed by atoms with van der Waals surface area (Å²) in [7, 11) is 0. The highest BCUT2D eigenvalue weighted by Crippen LogP contribution is 2.30. The summed E-state index contributed by atoms with van der Waals surface area (Å²) in [6.07, 6.45) is 8.70. The Balaban J connectivity index is 0.000000174. The van der Waals surface area contributed by atoms with Gasteiger partial charge in [-0.15, -0.1) is 0 Å². The molecule has 0 atom stereocenters. The second-order valence-electron chi connectivity index (χ2n) is 11.8. The van der Waals surface area contributed by atoms with Gasteiger partial charge in [0.25, 0.3) is 0 Å². The van der Waals surface area contributed by atoms with Crippen LogP contribution in [-0.4, -0.2) is 47.7 Å². The van der Waals surface area contributed by atoms with Crippen molar-refractivity contribution in [1.29, 1.82) is 0 Å². The summed E-state index contributed by atoms with van der Waals surface area (Å²) < 4.78 is 32.4. The van der Waals surface area contributed by atoms with Crippen molar-refractivity contribution in [2.45, 2.75) is 58.5 Å². The number of halogens is 2. The van der Waals surface area contributed by atoms with Crippen LogP contribution in [0.5, 0.6) is 0 Å². The highest BCUT2D eigenvalue weighted by molar-refractivity contribution is 5.93. The molecule has 2 aromatic heterocycles. The number of carbonyl (C=O) groups excluding carboxylic acids is 1. The number of fused-ring (bicyclic) bond motifs is 2. The Bertz CT molecular complexity index is 1510. The van der Waals surface area contributed by atoms with Gasteiger partial charge >= 0.3 is 5.97 Å². The molecule has 2 aromatic carbocycles. The maximum Gasteiger partial charge on any atom is 0.309 e. The highest BCUT2D eigenvalue weighted by Gasteiger charge is 2.30. The van der Waals surface area contributed by atoms with Crippen LogP contribution in [0.25, 0.3) is 21.5 Å². The quantitative estimate of drug-likeness (QED) is 0.245. The van der Waals surface area contributed by atoms with E-state index in [1.165, 1.54) is 37.5 Å². The summed E-state index contributed by atoms with van der Waals surface area (Å²) in [6.45, 7) is 9.14. The molecule has 0 bridgehead atoms. The van der Waals surface area contributed by atoms with Crippen molar-refractivity contribution in [1.82, 2.24) is 9.97 Å². The van der Waals surface area contributed by atoms with Crippen LogP contribution in [0.1, 0.15) is 52.9 Å². The van der Waals surface area contributed by atoms with Crippen LogP contribution < -0.4 is 9.80 Å². The number of nitrogens with zero attached hydrogens (tertiary/aromatic N) is 4. The Labute approximate surface area is 240 Å². The van der Waals surface area contributed by atoms with Crippen molar-refractivity contribution in [3.05, 3.63) is 72.6 Å². The van der Waals surface area contributed by atoms with Crippen molar-refractivity contribution < 1.29 is 18.3 Å². The lowest BCUT2D eigenvalue weighted by Crippen LogP contribution is -2.39. The van der Waals surface area contributed by atoms with Gasteiger partial charge in [0.05, 0.1) is 5.92 Å². The fourth-order valence-electron chi connectivity index (χ4n) is 5.57. The van der Waals surface area contributed by atoms with E-state index in [-0.39, 0.29) is 23.5 Å². The van der Waals surface area contributed by atoms with Crippen molar-refractivity contribution in [2.75, 3.05) is 36.0 Å². The van der Waals surface area contributed by atoms with Gasteiger partial charge in [0.15, 0.2) is 0 Å². The number of aromatic nitrogens is 2. The zero-order valence-electron chi connectivity index (χ0n) is 24.1. The predicted octanol–water partition coefficient (Wildman–Crippen LogP) is 7.30. The second-order valence-corrected chi connectivity index (χ2v) is 11.8. The minimum Gasteiger partial charge on any atom is -0.460 e. The van der Waals surface area contributed by atoms with Gasteiger partial charge in [0, 0.05) is 49.3 Å². The van der Waals surface area contributed by atoms with E-state index in [0.717, 1.165) is 59.1 Å². The van der Waals surface area contributed by atoms with Crippen LogP contribution in [0.15, 0.2) is 60.9 Å². The van der Waals surface area contributed by atoms with Crippen LogP contribution in [0.4, 0.5) is 20.4 Å². The van der Waals surface area contributed by atoms with Crippen LogP contribution >= 0.6 is 0 Å². The molecule has 0 radical (unpaired) electrons. The molecule has 0 aliphatic carbocycles. The number of hydrogen-bond acceptors (Lipinski definition) is 6. The van der Waals surface area contributed by atoms with Crippen molar-refractivity contribution in [3.8, 4) is 0 Å². The number of carbonyl (C=O) groups is 1. The summed E-state index contributed by atoms with van der Waals surface area (Å²) in [6, 6.07) is 13.5. The molecule has 2 saturated heterocycles. The van der Waals surface area contributed by atoms with E-state index in [1.54, 1.807) is 18.3 Å². The second kappa shape index (κ2) is 12.4. The number of pyridine rings is 2. The average Bonchev–Trinajstić information content (AvgIpc) is 2.96. The lowest BCUT2D eigenvalue weighted by Gasteiger charge is -2.33. The molecule has 0 spiro atoms. The van der Waals surface area contributed by atoms with Gasteiger partial charge in [-0.1, -0.05) is 12.1 Å². The van der Waals surface area contributed by atoms with Crippen LogP contribution in [0, 0.1) is 17.6 Å². The average molecular weight is 561 g/mol. The number of esters is 1. The molecule has 2 aliphatic rings. The fourth-order valence-corrected chi connectivity index (χ4v) is 5.57. The molecule has 8 heteroatoms. The number of rotatable bonds is 3. The third kappa shape index (κ3) is 7.10. The van der Waals surface area contributed by atoms with Crippen LogP contribution in [0.2, 0.25) is 0 Å². The summed E-state index contributed by atoms with van der Waals surface area (Å²) in [5, 5.41) is 3.76. The molecule has 0 amide bonds. The summed E-state index contributed by atoms with van der Waals surface area (Å²) in [5.74, 6) is 1.06. The monoisotopic (exact) mass is 560 g/mol. The van der Waals surface area contributed by atoms with E-state index >= 15 is 0 Å². The van der Waals surface area contributed by atoms with Gasteiger partial charge in [-0.05, 0) is 100 Å². The molecule has 41 heavy (non-hydrogen) atoms. The first-order chi connectivity index (χ1) is 19.7. The van der Waals surface area contributed by atoms with Gasteiger partial charge in [0.2, 0.25) is 0 Å². The molecule has 216 valence electrons. The summed E-state index contributed by atoms with van der Waals surface area (Å²) in [4.78, 5) is 25.5. The molecule has 6 rings (SSSR count). The van der Waals surface area contributed by atoms with E-state index in [4.69, 9.17) is 4.74 Å². The summed E-state index contributed by atoms with van der Waals surface area (Å²) >= 11 is 0. The Hall–Kier alpha value is -3.81. The normalized spacial score (nSPS) is 16.4. The van der Waals surface area contributed by atoms with E-state index in [1.807, 2.05) is 45.2 Å². The number of hydrogen-bond donors (Lipinski definition) is 0. The number of benzene rings is 2. The van der Waals surface area contributed by atoms with Gasteiger partial charge in [-0.3, -0.25) is 4.79 Å². The first-order valence-corrected chi connectivity index (χ1v) is 14.5. The third-order valence-electron chi connectivity index (χ3n) is 7.60. The van der Waals surface area contributed by atoms with Crippen LogP contribution in [-0.2, 0) is 9.53 Å². The van der Waals surface area contributed by atoms with Gasteiger partial charge in [-0.25, -0.2) is 18.7 Å². The largest absolute Gasteiger partial charge is 0.460 e. The molecule has 4 heterocycles. The molecule has 2 fully saturated rings. The maximum absolute atomic E-state index is 13.6. The molecule has 0 saturated carbocycles. The Morgan fingerprint density at radius 2 is 1.24 bits per heavy atom. The third-order valence-corrected chi connectivity index (χ3v) is 7.60. The van der Waals surface area contributed by atoms with Crippen LogP contribution in [0.3, 0.4) is 0 Å². The Morgan fingerprint density at radius 3 is 1.73 bits per heavy atom. The molecule has 2 aliphatic heterocycles. The molecule has 0 N–H and O–H groups in total.